The molecule has 122 valence electrons. The van der Waals surface area contributed by atoms with Gasteiger partial charge in [0.05, 0.1) is 6.10 Å². The van der Waals surface area contributed by atoms with Crippen LogP contribution in [0.5, 0.6) is 0 Å². The molecular formula is C16H26N4O2. The van der Waals surface area contributed by atoms with Crippen molar-refractivity contribution in [3.05, 3.63) is 18.2 Å². The van der Waals surface area contributed by atoms with Crippen LogP contribution in [0, 0.1) is 5.92 Å². The van der Waals surface area contributed by atoms with Crippen LogP contribution in [0.1, 0.15) is 31.5 Å². The molecule has 0 saturated carbocycles. The maximum Gasteiger partial charge on any atom is 0.317 e. The fraction of sp³-hybridized carbons (Fsp3) is 0.750. The Hall–Kier alpha value is -1.56. The van der Waals surface area contributed by atoms with Gasteiger partial charge in [0.15, 0.2) is 0 Å². The van der Waals surface area contributed by atoms with E-state index >= 15 is 0 Å². The van der Waals surface area contributed by atoms with Crippen molar-refractivity contribution in [3.8, 4) is 0 Å². The molecule has 1 aromatic rings. The SMILES string of the molecule is CN(C[C@H]1CCc2nccn2C1)C(=O)NCC[C@H]1CCCO1. The second-order valence-electron chi connectivity index (χ2n) is 6.44. The van der Waals surface area contributed by atoms with Crippen LogP contribution in [0.3, 0.4) is 0 Å². The van der Waals surface area contributed by atoms with Crippen molar-refractivity contribution in [2.75, 3.05) is 26.7 Å². The Morgan fingerprint density at radius 2 is 2.45 bits per heavy atom. The van der Waals surface area contributed by atoms with Crippen LogP contribution >= 0.6 is 0 Å². The van der Waals surface area contributed by atoms with Gasteiger partial charge in [-0.1, -0.05) is 0 Å². The number of hydrogen-bond acceptors (Lipinski definition) is 3. The molecule has 1 N–H and O–H groups in total. The van der Waals surface area contributed by atoms with E-state index in [1.54, 1.807) is 0 Å². The number of carbonyl (C=O) groups excluding carboxylic acids is 1. The van der Waals surface area contributed by atoms with Crippen LogP contribution in [0.15, 0.2) is 12.4 Å². The molecule has 0 radical (unpaired) electrons. The standard InChI is InChI=1S/C16H26N4O2/c1-19(16(21)18-7-6-14-3-2-10-22-14)11-13-4-5-15-17-8-9-20(15)12-13/h8-9,13-14H,2-7,10-12H2,1H3,(H,18,21)/t13-,14-/m1/s1. The van der Waals surface area contributed by atoms with E-state index in [-0.39, 0.29) is 6.03 Å². The molecule has 1 saturated heterocycles. The molecule has 0 aliphatic carbocycles. The van der Waals surface area contributed by atoms with Crippen LogP contribution < -0.4 is 5.32 Å². The van der Waals surface area contributed by atoms with Crippen LogP contribution in [-0.4, -0.2) is 53.3 Å². The van der Waals surface area contributed by atoms with Gasteiger partial charge in [-0.3, -0.25) is 0 Å². The van der Waals surface area contributed by atoms with E-state index in [1.807, 2.05) is 24.3 Å². The van der Waals surface area contributed by atoms with Gasteiger partial charge in [0.2, 0.25) is 0 Å². The fourth-order valence-electron chi connectivity index (χ4n) is 3.40. The van der Waals surface area contributed by atoms with E-state index < -0.39 is 0 Å². The first-order valence-corrected chi connectivity index (χ1v) is 8.33. The van der Waals surface area contributed by atoms with E-state index in [9.17, 15) is 4.79 Å². The van der Waals surface area contributed by atoms with Crippen LogP contribution in [0.4, 0.5) is 4.79 Å². The van der Waals surface area contributed by atoms with Crippen molar-refractivity contribution in [1.82, 2.24) is 19.8 Å². The average molecular weight is 306 g/mol. The summed E-state index contributed by atoms with van der Waals surface area (Å²) in [5, 5.41) is 3.00. The van der Waals surface area contributed by atoms with Crippen molar-refractivity contribution in [2.45, 2.75) is 44.8 Å². The first kappa shape index (κ1) is 15.3. The van der Waals surface area contributed by atoms with E-state index in [2.05, 4.69) is 14.9 Å². The summed E-state index contributed by atoms with van der Waals surface area (Å²) in [6.07, 6.45) is 9.53. The Morgan fingerprint density at radius 1 is 1.55 bits per heavy atom. The first-order chi connectivity index (χ1) is 10.7. The Bertz CT molecular complexity index is 496. The third-order valence-corrected chi connectivity index (χ3v) is 4.68. The van der Waals surface area contributed by atoms with Crippen LogP contribution in [-0.2, 0) is 17.7 Å². The molecule has 22 heavy (non-hydrogen) atoms. The van der Waals surface area contributed by atoms with Crippen molar-refractivity contribution >= 4 is 6.03 Å². The molecular weight excluding hydrogens is 280 g/mol. The number of carbonyl (C=O) groups is 1. The van der Waals surface area contributed by atoms with E-state index in [0.717, 1.165) is 51.8 Å². The molecule has 2 amide bonds. The quantitative estimate of drug-likeness (QED) is 0.900. The average Bonchev–Trinajstić information content (AvgIpc) is 3.17. The van der Waals surface area contributed by atoms with Crippen molar-refractivity contribution in [3.63, 3.8) is 0 Å². The summed E-state index contributed by atoms with van der Waals surface area (Å²) in [4.78, 5) is 18.3. The first-order valence-electron chi connectivity index (χ1n) is 8.33. The monoisotopic (exact) mass is 306 g/mol. The number of ether oxygens (including phenoxy) is 1. The molecule has 0 unspecified atom stereocenters. The van der Waals surface area contributed by atoms with Gasteiger partial charge in [0.1, 0.15) is 5.82 Å². The third kappa shape index (κ3) is 3.80. The number of hydrogen-bond donors (Lipinski definition) is 1. The zero-order chi connectivity index (χ0) is 15.4. The summed E-state index contributed by atoms with van der Waals surface area (Å²) in [7, 11) is 1.88. The van der Waals surface area contributed by atoms with Crippen LogP contribution in [0.2, 0.25) is 0 Å². The number of aromatic nitrogens is 2. The molecule has 2 aliphatic rings. The summed E-state index contributed by atoms with van der Waals surface area (Å²) in [5.74, 6) is 1.68. The molecule has 6 heteroatoms. The zero-order valence-electron chi connectivity index (χ0n) is 13.3. The molecule has 0 aromatic carbocycles. The number of nitrogens with zero attached hydrogens (tertiary/aromatic N) is 3. The number of imidazole rings is 1. The highest BCUT2D eigenvalue weighted by Crippen LogP contribution is 2.19. The van der Waals surface area contributed by atoms with Gasteiger partial charge in [-0.25, -0.2) is 9.78 Å². The number of fused-ring (bicyclic) bond motifs is 1. The van der Waals surface area contributed by atoms with Gasteiger partial charge >= 0.3 is 6.03 Å². The predicted molar refractivity (Wildman–Crippen MR) is 83.7 cm³/mol. The third-order valence-electron chi connectivity index (χ3n) is 4.68. The smallest absolute Gasteiger partial charge is 0.317 e. The lowest BCUT2D eigenvalue weighted by molar-refractivity contribution is 0.104. The number of amides is 2. The molecule has 2 aliphatic heterocycles. The zero-order valence-corrected chi connectivity index (χ0v) is 13.3. The Labute approximate surface area is 131 Å². The van der Waals surface area contributed by atoms with E-state index in [4.69, 9.17) is 4.74 Å². The van der Waals surface area contributed by atoms with Crippen molar-refractivity contribution < 1.29 is 9.53 Å². The molecule has 0 spiro atoms. The van der Waals surface area contributed by atoms with Gasteiger partial charge in [0.25, 0.3) is 0 Å². The highest BCUT2D eigenvalue weighted by atomic mass is 16.5. The molecule has 6 nitrogen and oxygen atoms in total. The highest BCUT2D eigenvalue weighted by Gasteiger charge is 2.22. The minimum Gasteiger partial charge on any atom is -0.378 e. The second-order valence-corrected chi connectivity index (χ2v) is 6.44. The predicted octanol–water partition coefficient (Wildman–Crippen LogP) is 1.66. The molecule has 3 heterocycles. The normalized spacial score (nSPS) is 24.0. The summed E-state index contributed by atoms with van der Waals surface area (Å²) in [6, 6.07) is 0.0226. The summed E-state index contributed by atoms with van der Waals surface area (Å²) in [5.41, 5.74) is 0. The van der Waals surface area contributed by atoms with Gasteiger partial charge in [-0.15, -0.1) is 0 Å². The van der Waals surface area contributed by atoms with Gasteiger partial charge in [0, 0.05) is 52.1 Å². The fourth-order valence-corrected chi connectivity index (χ4v) is 3.40. The van der Waals surface area contributed by atoms with Gasteiger partial charge in [-0.05, 0) is 31.6 Å². The van der Waals surface area contributed by atoms with E-state index in [1.165, 1.54) is 5.82 Å². The van der Waals surface area contributed by atoms with Crippen molar-refractivity contribution in [1.29, 1.82) is 0 Å². The topological polar surface area (TPSA) is 59.4 Å². The Kier molecular flexibility index (Phi) is 4.97. The lowest BCUT2D eigenvalue weighted by Crippen LogP contribution is -2.42. The lowest BCUT2D eigenvalue weighted by atomic mass is 9.99. The maximum atomic E-state index is 12.1. The van der Waals surface area contributed by atoms with Gasteiger partial charge < -0.3 is 19.5 Å². The van der Waals surface area contributed by atoms with Crippen molar-refractivity contribution in [2.24, 2.45) is 5.92 Å². The molecule has 0 bridgehead atoms. The molecule has 2 atom stereocenters. The number of rotatable bonds is 5. The number of urea groups is 1. The van der Waals surface area contributed by atoms with Crippen LogP contribution in [0.25, 0.3) is 0 Å². The number of nitrogens with one attached hydrogen (secondary N) is 1. The number of aryl methyl sites for hydroxylation is 1. The summed E-state index contributed by atoms with van der Waals surface area (Å²) < 4.78 is 7.77. The summed E-state index contributed by atoms with van der Waals surface area (Å²) >= 11 is 0. The minimum absolute atomic E-state index is 0.0226. The van der Waals surface area contributed by atoms with Gasteiger partial charge in [-0.2, -0.15) is 0 Å². The summed E-state index contributed by atoms with van der Waals surface area (Å²) in [6.45, 7) is 3.33. The molecule has 1 aromatic heterocycles. The lowest BCUT2D eigenvalue weighted by Gasteiger charge is -2.28. The maximum absolute atomic E-state index is 12.1. The second kappa shape index (κ2) is 7.13. The highest BCUT2D eigenvalue weighted by molar-refractivity contribution is 5.73. The Morgan fingerprint density at radius 3 is 3.27 bits per heavy atom. The largest absolute Gasteiger partial charge is 0.378 e. The minimum atomic E-state index is 0.0226. The Balaban J connectivity index is 1.38. The van der Waals surface area contributed by atoms with E-state index in [0.29, 0.717) is 18.6 Å². The molecule has 1 fully saturated rings. The molecule has 3 rings (SSSR count).